The van der Waals surface area contributed by atoms with Crippen LogP contribution in [0.5, 0.6) is 0 Å². The number of fused-ring (bicyclic) bond motifs is 1. The number of rotatable bonds is 5. The number of benzene rings is 1. The van der Waals surface area contributed by atoms with Gasteiger partial charge in [0.2, 0.25) is 0 Å². The molecule has 0 bridgehead atoms. The van der Waals surface area contributed by atoms with Crippen LogP contribution in [0.4, 0.5) is 11.4 Å². The number of esters is 2. The van der Waals surface area contributed by atoms with Crippen molar-refractivity contribution in [3.05, 3.63) is 35.5 Å². The molecule has 1 aromatic rings. The number of ether oxygens (including phenoxy) is 2. The second kappa shape index (κ2) is 7.67. The van der Waals surface area contributed by atoms with Gasteiger partial charge in [0.1, 0.15) is 0 Å². The minimum atomic E-state index is -0.907. The molecule has 1 aliphatic rings. The summed E-state index contributed by atoms with van der Waals surface area (Å²) in [7, 11) is 0. The SMILES string of the molecule is CCCOC(=O)C1=C(C)Nc2ccccc2NC1C(=O)OCC. The van der Waals surface area contributed by atoms with E-state index in [2.05, 4.69) is 10.6 Å². The van der Waals surface area contributed by atoms with Crippen molar-refractivity contribution in [2.75, 3.05) is 23.8 Å². The zero-order valence-corrected chi connectivity index (χ0v) is 13.6. The molecule has 6 nitrogen and oxygen atoms in total. The quantitative estimate of drug-likeness (QED) is 0.813. The molecule has 124 valence electrons. The third kappa shape index (κ3) is 3.83. The average molecular weight is 318 g/mol. The normalized spacial score (nSPS) is 16.6. The van der Waals surface area contributed by atoms with E-state index >= 15 is 0 Å². The predicted octanol–water partition coefficient (Wildman–Crippen LogP) is 2.68. The molecule has 1 unspecified atom stereocenters. The van der Waals surface area contributed by atoms with Gasteiger partial charge in [-0.3, -0.25) is 0 Å². The summed E-state index contributed by atoms with van der Waals surface area (Å²) in [4.78, 5) is 24.8. The van der Waals surface area contributed by atoms with Crippen molar-refractivity contribution in [1.29, 1.82) is 0 Å². The fourth-order valence-electron chi connectivity index (χ4n) is 2.38. The number of hydrogen-bond donors (Lipinski definition) is 2. The summed E-state index contributed by atoms with van der Waals surface area (Å²) in [5, 5.41) is 6.25. The highest BCUT2D eigenvalue weighted by Gasteiger charge is 2.34. The van der Waals surface area contributed by atoms with Crippen LogP contribution in [0.3, 0.4) is 0 Å². The molecule has 1 heterocycles. The highest BCUT2D eigenvalue weighted by Crippen LogP contribution is 2.30. The highest BCUT2D eigenvalue weighted by atomic mass is 16.5. The molecule has 0 spiro atoms. The second-order valence-electron chi connectivity index (χ2n) is 5.17. The number of carbonyl (C=O) groups excluding carboxylic acids is 2. The van der Waals surface area contributed by atoms with Crippen molar-refractivity contribution < 1.29 is 19.1 Å². The molecule has 0 aromatic heterocycles. The van der Waals surface area contributed by atoms with Crippen LogP contribution in [0.15, 0.2) is 35.5 Å². The van der Waals surface area contributed by atoms with Gasteiger partial charge >= 0.3 is 11.9 Å². The Balaban J connectivity index is 2.41. The molecule has 2 N–H and O–H groups in total. The van der Waals surface area contributed by atoms with E-state index < -0.39 is 18.0 Å². The lowest BCUT2D eigenvalue weighted by molar-refractivity contribution is -0.146. The molecule has 0 saturated carbocycles. The van der Waals surface area contributed by atoms with E-state index in [-0.39, 0.29) is 12.2 Å². The van der Waals surface area contributed by atoms with Gasteiger partial charge in [0.05, 0.1) is 30.2 Å². The summed E-state index contributed by atoms with van der Waals surface area (Å²) in [6, 6.07) is 6.53. The summed E-state index contributed by atoms with van der Waals surface area (Å²) in [6.07, 6.45) is 0.712. The molecule has 0 aliphatic carbocycles. The molecule has 1 aliphatic heterocycles. The van der Waals surface area contributed by atoms with Gasteiger partial charge in [-0.15, -0.1) is 0 Å². The molecule has 2 rings (SSSR count). The maximum absolute atomic E-state index is 12.4. The van der Waals surface area contributed by atoms with Crippen molar-refractivity contribution in [3.63, 3.8) is 0 Å². The van der Waals surface area contributed by atoms with Crippen molar-refractivity contribution in [2.45, 2.75) is 33.2 Å². The molecule has 23 heavy (non-hydrogen) atoms. The number of para-hydroxylation sites is 2. The predicted molar refractivity (Wildman–Crippen MR) is 88.1 cm³/mol. The van der Waals surface area contributed by atoms with Crippen LogP contribution in [-0.4, -0.2) is 31.2 Å². The molecular formula is C17H22N2O4. The lowest BCUT2D eigenvalue weighted by atomic mass is 10.1. The molecule has 0 amide bonds. The van der Waals surface area contributed by atoms with Gasteiger partial charge in [-0.1, -0.05) is 19.1 Å². The first kappa shape index (κ1) is 16.9. The van der Waals surface area contributed by atoms with E-state index in [4.69, 9.17) is 9.47 Å². The molecule has 1 atom stereocenters. The Morgan fingerprint density at radius 1 is 1.13 bits per heavy atom. The molecular weight excluding hydrogens is 296 g/mol. The van der Waals surface area contributed by atoms with Crippen LogP contribution in [0.1, 0.15) is 27.2 Å². The monoisotopic (exact) mass is 318 g/mol. The van der Waals surface area contributed by atoms with Crippen molar-refractivity contribution in [1.82, 2.24) is 0 Å². The van der Waals surface area contributed by atoms with Crippen LogP contribution in [0.2, 0.25) is 0 Å². The summed E-state index contributed by atoms with van der Waals surface area (Å²) in [5.74, 6) is -1.02. The largest absolute Gasteiger partial charge is 0.464 e. The Morgan fingerprint density at radius 2 is 1.83 bits per heavy atom. The van der Waals surface area contributed by atoms with Crippen LogP contribution in [0, 0.1) is 0 Å². The summed E-state index contributed by atoms with van der Waals surface area (Å²) < 4.78 is 10.3. The van der Waals surface area contributed by atoms with Gasteiger partial charge < -0.3 is 20.1 Å². The highest BCUT2D eigenvalue weighted by molar-refractivity contribution is 6.02. The molecule has 6 heteroatoms. The lowest BCUT2D eigenvalue weighted by Crippen LogP contribution is -2.37. The van der Waals surface area contributed by atoms with Crippen LogP contribution < -0.4 is 10.6 Å². The van der Waals surface area contributed by atoms with E-state index in [0.717, 1.165) is 11.4 Å². The van der Waals surface area contributed by atoms with E-state index in [0.29, 0.717) is 18.7 Å². The average Bonchev–Trinajstić information content (AvgIpc) is 2.68. The maximum atomic E-state index is 12.4. The van der Waals surface area contributed by atoms with E-state index in [1.165, 1.54) is 0 Å². The first-order chi connectivity index (χ1) is 11.1. The van der Waals surface area contributed by atoms with Gasteiger partial charge in [0.25, 0.3) is 0 Å². The zero-order chi connectivity index (χ0) is 16.8. The standard InChI is InChI=1S/C17H22N2O4/c1-4-10-23-16(20)14-11(3)18-12-8-6-7-9-13(12)19-15(14)17(21)22-5-2/h6-9,15,18-19H,4-5,10H2,1-3H3. The number of allylic oxidation sites excluding steroid dienone is 1. The van der Waals surface area contributed by atoms with Crippen molar-refractivity contribution in [3.8, 4) is 0 Å². The Labute approximate surface area is 135 Å². The first-order valence-electron chi connectivity index (χ1n) is 7.75. The summed E-state index contributed by atoms with van der Waals surface area (Å²) >= 11 is 0. The van der Waals surface area contributed by atoms with E-state index in [1.807, 2.05) is 31.2 Å². The Kier molecular flexibility index (Phi) is 5.62. The lowest BCUT2D eigenvalue weighted by Gasteiger charge is -2.19. The van der Waals surface area contributed by atoms with Gasteiger partial charge in [-0.25, -0.2) is 9.59 Å². The minimum absolute atomic E-state index is 0.239. The number of anilines is 2. The van der Waals surface area contributed by atoms with Crippen LogP contribution >= 0.6 is 0 Å². The maximum Gasteiger partial charge on any atom is 0.338 e. The second-order valence-corrected chi connectivity index (χ2v) is 5.17. The Hall–Kier alpha value is -2.50. The van der Waals surface area contributed by atoms with Gasteiger partial charge in [0.15, 0.2) is 6.04 Å². The summed E-state index contributed by atoms with van der Waals surface area (Å²) in [6.45, 7) is 5.93. The fraction of sp³-hybridized carbons (Fsp3) is 0.412. The molecule has 0 saturated heterocycles. The number of hydrogen-bond acceptors (Lipinski definition) is 6. The molecule has 0 radical (unpaired) electrons. The van der Waals surface area contributed by atoms with Gasteiger partial charge in [-0.05, 0) is 32.4 Å². The van der Waals surface area contributed by atoms with Crippen LogP contribution in [0.25, 0.3) is 0 Å². The minimum Gasteiger partial charge on any atom is -0.464 e. The van der Waals surface area contributed by atoms with Crippen molar-refractivity contribution in [2.24, 2.45) is 0 Å². The molecule has 1 aromatic carbocycles. The smallest absolute Gasteiger partial charge is 0.338 e. The Bertz CT molecular complexity index is 625. The van der Waals surface area contributed by atoms with Gasteiger partial charge in [0, 0.05) is 5.70 Å². The Morgan fingerprint density at radius 3 is 2.48 bits per heavy atom. The van der Waals surface area contributed by atoms with E-state index in [1.54, 1.807) is 13.8 Å². The van der Waals surface area contributed by atoms with Crippen LogP contribution in [-0.2, 0) is 19.1 Å². The number of nitrogens with one attached hydrogen (secondary N) is 2. The number of carbonyl (C=O) groups is 2. The molecule has 0 fully saturated rings. The van der Waals surface area contributed by atoms with Gasteiger partial charge in [-0.2, -0.15) is 0 Å². The first-order valence-corrected chi connectivity index (χ1v) is 7.75. The topological polar surface area (TPSA) is 76.7 Å². The fourth-order valence-corrected chi connectivity index (χ4v) is 2.38. The van der Waals surface area contributed by atoms with Crippen molar-refractivity contribution >= 4 is 23.3 Å². The third-order valence-electron chi connectivity index (χ3n) is 3.42. The third-order valence-corrected chi connectivity index (χ3v) is 3.42. The summed E-state index contributed by atoms with van der Waals surface area (Å²) in [5.41, 5.74) is 2.33. The zero-order valence-electron chi connectivity index (χ0n) is 13.6. The van der Waals surface area contributed by atoms with E-state index in [9.17, 15) is 9.59 Å².